The third kappa shape index (κ3) is 5.84. The molecule has 1 aromatic rings. The van der Waals surface area contributed by atoms with Gasteiger partial charge in [-0.2, -0.15) is 0 Å². The first-order valence-corrected chi connectivity index (χ1v) is 13.9. The number of amides is 2. The lowest BCUT2D eigenvalue weighted by Crippen LogP contribution is -2.74. The maximum atomic E-state index is 13.8. The number of benzene rings is 1. The Labute approximate surface area is 206 Å². The molecule has 5 heteroatoms. The van der Waals surface area contributed by atoms with Crippen molar-refractivity contribution in [2.24, 2.45) is 5.92 Å². The average molecular weight is 468 g/mol. The molecule has 188 valence electrons. The Morgan fingerprint density at radius 3 is 2.29 bits per heavy atom. The Balaban J connectivity index is 1.39. The summed E-state index contributed by atoms with van der Waals surface area (Å²) in [6.45, 7) is 7.16. The fourth-order valence-corrected chi connectivity index (χ4v) is 6.44. The van der Waals surface area contributed by atoms with Crippen LogP contribution in [0.4, 0.5) is 0 Å². The van der Waals surface area contributed by atoms with E-state index in [1.54, 1.807) is 0 Å². The highest BCUT2D eigenvalue weighted by atomic mass is 16.2. The molecule has 2 aliphatic heterocycles. The maximum Gasteiger partial charge on any atom is 0.246 e. The summed E-state index contributed by atoms with van der Waals surface area (Å²) >= 11 is 0. The molecule has 0 bridgehead atoms. The first kappa shape index (κ1) is 25.2. The van der Waals surface area contributed by atoms with Crippen molar-refractivity contribution in [3.8, 4) is 0 Å². The van der Waals surface area contributed by atoms with Crippen LogP contribution in [0.15, 0.2) is 30.3 Å². The molecule has 0 radical (unpaired) electrons. The van der Waals surface area contributed by atoms with E-state index in [0.29, 0.717) is 5.92 Å². The zero-order valence-electron chi connectivity index (χ0n) is 21.4. The molecule has 3 aliphatic rings. The highest BCUT2D eigenvalue weighted by Gasteiger charge is 2.55. The molecule has 1 spiro atoms. The summed E-state index contributed by atoms with van der Waals surface area (Å²) in [5.74, 6) is 0.694. The SMILES string of the molecule is CC(C)C[C@@H]1NC(=O)C2(CCN(CCCCc3ccccc3)CC2)N(C2CCCCCC2)C1=O. The summed E-state index contributed by atoms with van der Waals surface area (Å²) < 4.78 is 0. The van der Waals surface area contributed by atoms with Crippen molar-refractivity contribution in [3.63, 3.8) is 0 Å². The second kappa shape index (κ2) is 11.7. The molecule has 0 unspecified atom stereocenters. The molecule has 2 heterocycles. The number of aryl methyl sites for hydroxylation is 1. The van der Waals surface area contributed by atoms with Crippen molar-refractivity contribution in [3.05, 3.63) is 35.9 Å². The van der Waals surface area contributed by atoms with E-state index in [9.17, 15) is 9.59 Å². The van der Waals surface area contributed by atoms with Crippen molar-refractivity contribution < 1.29 is 9.59 Å². The number of unbranched alkanes of at least 4 members (excludes halogenated alkanes) is 1. The minimum absolute atomic E-state index is 0.116. The molecule has 4 rings (SSSR count). The van der Waals surface area contributed by atoms with Crippen molar-refractivity contribution in [2.45, 2.75) is 109 Å². The number of likely N-dealkylation sites (tertiary alicyclic amines) is 1. The van der Waals surface area contributed by atoms with Gasteiger partial charge in [-0.05, 0) is 69.4 Å². The van der Waals surface area contributed by atoms with E-state index >= 15 is 0 Å². The average Bonchev–Trinajstić information content (AvgIpc) is 3.11. The lowest BCUT2D eigenvalue weighted by molar-refractivity contribution is -0.166. The number of piperazine rings is 1. The number of hydrogen-bond acceptors (Lipinski definition) is 3. The van der Waals surface area contributed by atoms with Gasteiger partial charge in [-0.1, -0.05) is 69.9 Å². The minimum atomic E-state index is -0.639. The Morgan fingerprint density at radius 1 is 0.971 bits per heavy atom. The van der Waals surface area contributed by atoms with Gasteiger partial charge in [-0.25, -0.2) is 0 Å². The number of hydrogen-bond donors (Lipinski definition) is 1. The van der Waals surface area contributed by atoms with Gasteiger partial charge in [0.2, 0.25) is 11.8 Å². The van der Waals surface area contributed by atoms with Crippen LogP contribution in [0.2, 0.25) is 0 Å². The number of carbonyl (C=O) groups is 2. The number of nitrogens with zero attached hydrogens (tertiary/aromatic N) is 2. The van der Waals surface area contributed by atoms with Gasteiger partial charge in [0.05, 0.1) is 0 Å². The van der Waals surface area contributed by atoms with Gasteiger partial charge in [-0.3, -0.25) is 9.59 Å². The van der Waals surface area contributed by atoms with E-state index in [-0.39, 0.29) is 23.9 Å². The summed E-state index contributed by atoms with van der Waals surface area (Å²) in [4.78, 5) is 32.1. The zero-order valence-corrected chi connectivity index (χ0v) is 21.4. The maximum absolute atomic E-state index is 13.8. The Bertz CT molecular complexity index is 793. The number of rotatable bonds is 8. The number of nitrogens with one attached hydrogen (secondary N) is 1. The molecular weight excluding hydrogens is 422 g/mol. The molecule has 1 aromatic carbocycles. The van der Waals surface area contributed by atoms with Crippen LogP contribution in [0.5, 0.6) is 0 Å². The fraction of sp³-hybridized carbons (Fsp3) is 0.724. The minimum Gasteiger partial charge on any atom is -0.342 e. The topological polar surface area (TPSA) is 52.7 Å². The van der Waals surface area contributed by atoms with Gasteiger partial charge in [0.25, 0.3) is 0 Å². The summed E-state index contributed by atoms with van der Waals surface area (Å²) in [6, 6.07) is 10.6. The van der Waals surface area contributed by atoms with Crippen molar-refractivity contribution in [1.29, 1.82) is 0 Å². The number of piperidine rings is 1. The first-order chi connectivity index (χ1) is 16.5. The molecule has 34 heavy (non-hydrogen) atoms. The molecule has 2 amide bonds. The molecule has 3 fully saturated rings. The molecule has 1 aliphatic carbocycles. The summed E-state index contributed by atoms with van der Waals surface area (Å²) in [5.41, 5.74) is 0.771. The Hall–Kier alpha value is -1.88. The van der Waals surface area contributed by atoms with E-state index < -0.39 is 5.54 Å². The van der Waals surface area contributed by atoms with Crippen molar-refractivity contribution in [2.75, 3.05) is 19.6 Å². The largest absolute Gasteiger partial charge is 0.342 e. The second-order valence-electron chi connectivity index (χ2n) is 11.3. The van der Waals surface area contributed by atoms with Crippen molar-refractivity contribution in [1.82, 2.24) is 15.1 Å². The molecule has 5 nitrogen and oxygen atoms in total. The quantitative estimate of drug-likeness (QED) is 0.435. The Morgan fingerprint density at radius 2 is 1.65 bits per heavy atom. The smallest absolute Gasteiger partial charge is 0.246 e. The molecular formula is C29H45N3O2. The van der Waals surface area contributed by atoms with Crippen LogP contribution in [0.3, 0.4) is 0 Å². The van der Waals surface area contributed by atoms with Gasteiger partial charge in [0.15, 0.2) is 0 Å². The predicted molar refractivity (Wildman–Crippen MR) is 138 cm³/mol. The van der Waals surface area contributed by atoms with Gasteiger partial charge < -0.3 is 15.1 Å². The van der Waals surface area contributed by atoms with Crippen LogP contribution < -0.4 is 5.32 Å². The Kier molecular flexibility index (Phi) is 8.68. The third-order valence-electron chi connectivity index (χ3n) is 8.34. The summed E-state index contributed by atoms with van der Waals surface area (Å²) in [5, 5.41) is 3.18. The molecule has 2 saturated heterocycles. The predicted octanol–water partition coefficient (Wildman–Crippen LogP) is 4.94. The van der Waals surface area contributed by atoms with E-state index in [0.717, 1.165) is 58.2 Å². The van der Waals surface area contributed by atoms with Gasteiger partial charge in [0, 0.05) is 19.1 Å². The van der Waals surface area contributed by atoms with Gasteiger partial charge in [0.1, 0.15) is 11.6 Å². The van der Waals surface area contributed by atoms with Crippen LogP contribution >= 0.6 is 0 Å². The van der Waals surface area contributed by atoms with Gasteiger partial charge in [-0.15, -0.1) is 0 Å². The number of carbonyl (C=O) groups excluding carboxylic acids is 2. The highest BCUT2D eigenvalue weighted by Crippen LogP contribution is 2.38. The normalized spacial score (nSPS) is 24.4. The van der Waals surface area contributed by atoms with E-state index in [1.807, 2.05) is 0 Å². The zero-order chi connectivity index (χ0) is 24.0. The molecule has 1 atom stereocenters. The molecule has 1 saturated carbocycles. The summed E-state index contributed by atoms with van der Waals surface area (Å²) in [6.07, 6.45) is 12.7. The van der Waals surface area contributed by atoms with Crippen LogP contribution in [-0.2, 0) is 16.0 Å². The second-order valence-corrected chi connectivity index (χ2v) is 11.3. The monoisotopic (exact) mass is 467 g/mol. The molecule has 0 aromatic heterocycles. The standard InChI is InChI=1S/C29H45N3O2/c1-23(2)22-26-27(33)32(25-15-8-3-4-9-16-25)29(28(34)30-26)17-20-31(21-18-29)19-11-10-14-24-12-6-5-7-13-24/h5-7,12-13,23,25-26H,3-4,8-11,14-22H2,1-2H3,(H,30,34)/t26-/m0/s1. The first-order valence-electron chi connectivity index (χ1n) is 13.9. The van der Waals surface area contributed by atoms with Crippen LogP contribution in [0.1, 0.15) is 90.0 Å². The van der Waals surface area contributed by atoms with E-state index in [2.05, 4.69) is 59.3 Å². The molecule has 1 N–H and O–H groups in total. The van der Waals surface area contributed by atoms with E-state index in [4.69, 9.17) is 0 Å². The summed E-state index contributed by atoms with van der Waals surface area (Å²) in [7, 11) is 0. The van der Waals surface area contributed by atoms with Crippen LogP contribution in [-0.4, -0.2) is 58.9 Å². The third-order valence-corrected chi connectivity index (χ3v) is 8.34. The lowest BCUT2D eigenvalue weighted by atomic mass is 9.79. The van der Waals surface area contributed by atoms with Gasteiger partial charge >= 0.3 is 0 Å². The van der Waals surface area contributed by atoms with E-state index in [1.165, 1.54) is 44.1 Å². The fourth-order valence-electron chi connectivity index (χ4n) is 6.44. The lowest BCUT2D eigenvalue weighted by Gasteiger charge is -2.54. The van der Waals surface area contributed by atoms with Crippen LogP contribution in [0, 0.1) is 5.92 Å². The van der Waals surface area contributed by atoms with Crippen LogP contribution in [0.25, 0.3) is 0 Å². The highest BCUT2D eigenvalue weighted by molar-refractivity contribution is 6.00. The van der Waals surface area contributed by atoms with Crippen molar-refractivity contribution >= 4 is 11.8 Å².